The monoisotopic (exact) mass is 369 g/mol. The summed E-state index contributed by atoms with van der Waals surface area (Å²) in [6.07, 6.45) is 3.66. The highest BCUT2D eigenvalue weighted by Crippen LogP contribution is 2.19. The van der Waals surface area contributed by atoms with Gasteiger partial charge in [0.2, 0.25) is 11.8 Å². The Balaban J connectivity index is 1.64. The Morgan fingerprint density at radius 1 is 1.26 bits per heavy atom. The average molecular weight is 369 g/mol. The lowest BCUT2D eigenvalue weighted by Gasteiger charge is -2.04. The van der Waals surface area contributed by atoms with Gasteiger partial charge in [0.15, 0.2) is 5.82 Å². The van der Waals surface area contributed by atoms with Crippen LogP contribution >= 0.6 is 0 Å². The first-order valence-electron chi connectivity index (χ1n) is 8.51. The minimum Gasteiger partial charge on any atom is -0.352 e. The smallest absolute Gasteiger partial charge is 0.244 e. The van der Waals surface area contributed by atoms with E-state index in [-0.39, 0.29) is 11.7 Å². The molecule has 0 saturated heterocycles. The van der Waals surface area contributed by atoms with Crippen LogP contribution in [-0.4, -0.2) is 32.4 Å². The van der Waals surface area contributed by atoms with Crippen molar-refractivity contribution in [1.82, 2.24) is 25.2 Å². The lowest BCUT2D eigenvalue weighted by Crippen LogP contribution is -2.23. The van der Waals surface area contributed by atoms with Gasteiger partial charge in [-0.3, -0.25) is 4.79 Å². The lowest BCUT2D eigenvalue weighted by molar-refractivity contribution is -0.116. The number of nitrogens with zero attached hydrogens (tertiary/aromatic N) is 4. The molecule has 0 bridgehead atoms. The van der Waals surface area contributed by atoms with Crippen molar-refractivity contribution < 1.29 is 13.7 Å². The van der Waals surface area contributed by atoms with E-state index in [1.165, 1.54) is 18.2 Å². The van der Waals surface area contributed by atoms with Crippen molar-refractivity contribution in [3.8, 4) is 5.69 Å². The largest absolute Gasteiger partial charge is 0.352 e. The van der Waals surface area contributed by atoms with E-state index < -0.39 is 0 Å². The third-order valence-electron chi connectivity index (χ3n) is 4.03. The maximum Gasteiger partial charge on any atom is 0.244 e. The summed E-state index contributed by atoms with van der Waals surface area (Å²) < 4.78 is 19.8. The number of rotatable bonds is 6. The molecule has 0 unspecified atom stereocenters. The van der Waals surface area contributed by atoms with E-state index in [1.807, 2.05) is 13.8 Å². The number of aryl methyl sites for hydroxylation is 2. The molecule has 2 aromatic heterocycles. The van der Waals surface area contributed by atoms with Gasteiger partial charge in [0.1, 0.15) is 5.82 Å². The Morgan fingerprint density at radius 3 is 2.67 bits per heavy atom. The molecule has 7 nitrogen and oxygen atoms in total. The van der Waals surface area contributed by atoms with Crippen molar-refractivity contribution in [2.75, 3.05) is 6.54 Å². The second-order valence-corrected chi connectivity index (χ2v) is 6.08. The Bertz CT molecular complexity index is 973. The van der Waals surface area contributed by atoms with Crippen LogP contribution in [0.4, 0.5) is 4.39 Å². The number of carbonyl (C=O) groups excluding carboxylic acids is 1. The van der Waals surface area contributed by atoms with E-state index in [0.717, 1.165) is 22.6 Å². The molecule has 1 aromatic carbocycles. The molecule has 0 fully saturated rings. The van der Waals surface area contributed by atoms with Crippen molar-refractivity contribution in [1.29, 1.82) is 0 Å². The summed E-state index contributed by atoms with van der Waals surface area (Å²) in [6, 6.07) is 6.10. The average Bonchev–Trinajstić information content (AvgIpc) is 3.17. The zero-order valence-electron chi connectivity index (χ0n) is 15.4. The van der Waals surface area contributed by atoms with Crippen LogP contribution in [0.15, 0.2) is 34.9 Å². The molecule has 8 heteroatoms. The Morgan fingerprint density at radius 2 is 2.00 bits per heavy atom. The SMILES string of the molecule is Cc1noc(CCNC(=O)/C=C/c2c(C)nn(-c3ccc(F)cc3)c2C)n1. The number of amides is 1. The molecule has 0 radical (unpaired) electrons. The zero-order valence-corrected chi connectivity index (χ0v) is 15.4. The van der Waals surface area contributed by atoms with Crippen LogP contribution in [-0.2, 0) is 11.2 Å². The van der Waals surface area contributed by atoms with E-state index in [9.17, 15) is 9.18 Å². The van der Waals surface area contributed by atoms with Crippen LogP contribution < -0.4 is 5.32 Å². The molecule has 27 heavy (non-hydrogen) atoms. The molecule has 3 aromatic rings. The maximum absolute atomic E-state index is 13.1. The second-order valence-electron chi connectivity index (χ2n) is 6.08. The molecule has 0 saturated carbocycles. The van der Waals surface area contributed by atoms with Crippen LogP contribution in [0.2, 0.25) is 0 Å². The molecular formula is C19H20FN5O2. The standard InChI is InChI=1S/C19H20FN5O2/c1-12-17(13(2)25(23-12)16-6-4-15(20)5-7-16)8-9-18(26)21-11-10-19-22-14(3)24-27-19/h4-9H,10-11H2,1-3H3,(H,21,26)/b9-8+. The van der Waals surface area contributed by atoms with Crippen molar-refractivity contribution in [2.24, 2.45) is 0 Å². The van der Waals surface area contributed by atoms with Gasteiger partial charge in [-0.25, -0.2) is 9.07 Å². The molecule has 0 spiro atoms. The molecular weight excluding hydrogens is 349 g/mol. The highest BCUT2D eigenvalue weighted by molar-refractivity contribution is 5.92. The fraction of sp³-hybridized carbons (Fsp3) is 0.263. The van der Waals surface area contributed by atoms with Crippen LogP contribution in [0.25, 0.3) is 11.8 Å². The summed E-state index contributed by atoms with van der Waals surface area (Å²) in [5, 5.41) is 10.9. The predicted molar refractivity (Wildman–Crippen MR) is 97.8 cm³/mol. The molecule has 0 aliphatic rings. The fourth-order valence-corrected chi connectivity index (χ4v) is 2.68. The summed E-state index contributed by atoms with van der Waals surface area (Å²) in [4.78, 5) is 16.1. The topological polar surface area (TPSA) is 85.8 Å². The summed E-state index contributed by atoms with van der Waals surface area (Å²) in [6.45, 7) is 5.91. The number of nitrogens with one attached hydrogen (secondary N) is 1. The number of halogens is 1. The molecule has 1 N–H and O–H groups in total. The summed E-state index contributed by atoms with van der Waals surface area (Å²) in [5.74, 6) is 0.539. The first kappa shape index (κ1) is 18.5. The number of hydrogen-bond acceptors (Lipinski definition) is 5. The third kappa shape index (κ3) is 4.46. The van der Waals surface area contributed by atoms with E-state index in [0.29, 0.717) is 24.7 Å². The van der Waals surface area contributed by atoms with Gasteiger partial charge < -0.3 is 9.84 Å². The van der Waals surface area contributed by atoms with Crippen LogP contribution in [0, 0.1) is 26.6 Å². The molecule has 0 aliphatic carbocycles. The molecule has 3 rings (SSSR count). The third-order valence-corrected chi connectivity index (χ3v) is 4.03. The summed E-state index contributed by atoms with van der Waals surface area (Å²) in [7, 11) is 0. The summed E-state index contributed by atoms with van der Waals surface area (Å²) in [5.41, 5.74) is 3.25. The highest BCUT2D eigenvalue weighted by Gasteiger charge is 2.11. The van der Waals surface area contributed by atoms with Gasteiger partial charge in [0, 0.05) is 30.3 Å². The van der Waals surface area contributed by atoms with Crippen molar-refractivity contribution in [2.45, 2.75) is 27.2 Å². The Hall–Kier alpha value is -3.29. The first-order valence-corrected chi connectivity index (χ1v) is 8.51. The van der Waals surface area contributed by atoms with Gasteiger partial charge in [-0.15, -0.1) is 0 Å². The Kier molecular flexibility index (Phi) is 5.44. The van der Waals surface area contributed by atoms with E-state index in [4.69, 9.17) is 4.52 Å². The van der Waals surface area contributed by atoms with Crippen LogP contribution in [0.1, 0.15) is 28.7 Å². The normalized spacial score (nSPS) is 11.3. The van der Waals surface area contributed by atoms with Gasteiger partial charge in [0.05, 0.1) is 11.4 Å². The van der Waals surface area contributed by atoms with Gasteiger partial charge >= 0.3 is 0 Å². The van der Waals surface area contributed by atoms with Gasteiger partial charge in [-0.1, -0.05) is 5.16 Å². The number of carbonyl (C=O) groups is 1. The lowest BCUT2D eigenvalue weighted by atomic mass is 10.2. The first-order chi connectivity index (χ1) is 12.9. The van der Waals surface area contributed by atoms with Crippen LogP contribution in [0.3, 0.4) is 0 Å². The number of benzene rings is 1. The number of aromatic nitrogens is 4. The van der Waals surface area contributed by atoms with Gasteiger partial charge in [0.25, 0.3) is 0 Å². The predicted octanol–water partition coefficient (Wildman–Crippen LogP) is 2.69. The van der Waals surface area contributed by atoms with E-state index in [1.54, 1.807) is 29.8 Å². The van der Waals surface area contributed by atoms with E-state index >= 15 is 0 Å². The molecule has 140 valence electrons. The van der Waals surface area contributed by atoms with E-state index in [2.05, 4.69) is 20.6 Å². The minimum absolute atomic E-state index is 0.223. The van der Waals surface area contributed by atoms with Crippen LogP contribution in [0.5, 0.6) is 0 Å². The number of hydrogen-bond donors (Lipinski definition) is 1. The highest BCUT2D eigenvalue weighted by atomic mass is 19.1. The summed E-state index contributed by atoms with van der Waals surface area (Å²) >= 11 is 0. The zero-order chi connectivity index (χ0) is 19.4. The Labute approximate surface area is 155 Å². The quantitative estimate of drug-likeness (QED) is 0.675. The van der Waals surface area contributed by atoms with Crippen molar-refractivity contribution >= 4 is 12.0 Å². The maximum atomic E-state index is 13.1. The fourth-order valence-electron chi connectivity index (χ4n) is 2.68. The van der Waals surface area contributed by atoms with Crippen molar-refractivity contribution in [3.05, 3.63) is 64.8 Å². The van der Waals surface area contributed by atoms with Gasteiger partial charge in [-0.05, 0) is 51.1 Å². The minimum atomic E-state index is -0.298. The molecule has 1 amide bonds. The second kappa shape index (κ2) is 7.94. The molecule has 0 atom stereocenters. The molecule has 2 heterocycles. The molecule has 0 aliphatic heterocycles. The van der Waals surface area contributed by atoms with Crippen molar-refractivity contribution in [3.63, 3.8) is 0 Å². The van der Waals surface area contributed by atoms with Gasteiger partial charge in [-0.2, -0.15) is 10.1 Å².